The minimum Gasteiger partial charge on any atom is -0.399 e. The van der Waals surface area contributed by atoms with Crippen LogP contribution in [0.25, 0.3) is 0 Å². The topological polar surface area (TPSA) is 52.0 Å². The largest absolute Gasteiger partial charge is 0.399 e. The Morgan fingerprint density at radius 3 is 2.27 bits per heavy atom. The molecule has 0 fully saturated rings. The molecule has 60 valence electrons. The third-order valence-corrected chi connectivity index (χ3v) is 1.35. The van der Waals surface area contributed by atoms with Crippen LogP contribution in [0, 0.1) is 0 Å². The molecule has 4 N–H and O–H groups in total. The van der Waals surface area contributed by atoms with Crippen LogP contribution < -0.4 is 11.5 Å². The Kier molecular flexibility index (Phi) is 1.94. The Hall–Kier alpha value is -1.32. The second kappa shape index (κ2) is 2.74. The quantitative estimate of drug-likeness (QED) is 0.612. The van der Waals surface area contributed by atoms with E-state index in [1.54, 1.807) is 0 Å². The van der Waals surface area contributed by atoms with Crippen LogP contribution in [0.4, 0.5) is 20.2 Å². The van der Waals surface area contributed by atoms with Gasteiger partial charge in [-0.25, -0.2) is 8.78 Å². The molecule has 0 atom stereocenters. The van der Waals surface area contributed by atoms with E-state index in [-0.39, 0.29) is 11.3 Å². The van der Waals surface area contributed by atoms with Crippen molar-refractivity contribution < 1.29 is 8.78 Å². The van der Waals surface area contributed by atoms with Gasteiger partial charge >= 0.3 is 0 Å². The molecule has 0 heterocycles. The lowest BCUT2D eigenvalue weighted by Crippen LogP contribution is -1.96. The van der Waals surface area contributed by atoms with Gasteiger partial charge in [0, 0.05) is 16.9 Å². The molecular formula is C7H8F2N2. The summed E-state index contributed by atoms with van der Waals surface area (Å²) in [5.74, 6) is 0. The molecule has 1 aromatic rings. The van der Waals surface area contributed by atoms with Gasteiger partial charge in [0.1, 0.15) is 0 Å². The SMILES string of the molecule is Nc1ccc(N)c(C(F)F)c1. The van der Waals surface area contributed by atoms with Crippen LogP contribution in [0.2, 0.25) is 0 Å². The van der Waals surface area contributed by atoms with Gasteiger partial charge in [0.2, 0.25) is 0 Å². The van der Waals surface area contributed by atoms with E-state index in [9.17, 15) is 8.78 Å². The second-order valence-electron chi connectivity index (χ2n) is 2.19. The van der Waals surface area contributed by atoms with E-state index < -0.39 is 6.43 Å². The first-order valence-corrected chi connectivity index (χ1v) is 3.04. The number of nitrogens with two attached hydrogens (primary N) is 2. The minimum absolute atomic E-state index is 0.0780. The fourth-order valence-corrected chi connectivity index (χ4v) is 0.782. The van der Waals surface area contributed by atoms with Crippen molar-refractivity contribution >= 4 is 11.4 Å². The van der Waals surface area contributed by atoms with Crippen molar-refractivity contribution in [3.63, 3.8) is 0 Å². The van der Waals surface area contributed by atoms with E-state index in [0.717, 1.165) is 0 Å². The van der Waals surface area contributed by atoms with Gasteiger partial charge in [-0.15, -0.1) is 0 Å². The Labute approximate surface area is 62.8 Å². The molecular weight excluding hydrogens is 150 g/mol. The molecule has 4 heteroatoms. The van der Waals surface area contributed by atoms with Gasteiger partial charge in [-0.1, -0.05) is 0 Å². The summed E-state index contributed by atoms with van der Waals surface area (Å²) in [6.07, 6.45) is -2.56. The van der Waals surface area contributed by atoms with E-state index >= 15 is 0 Å². The zero-order chi connectivity index (χ0) is 8.43. The minimum atomic E-state index is -2.56. The van der Waals surface area contributed by atoms with Crippen LogP contribution in [-0.2, 0) is 0 Å². The van der Waals surface area contributed by atoms with Crippen molar-refractivity contribution in [2.75, 3.05) is 11.5 Å². The standard InChI is InChI=1S/C7H8F2N2/c8-7(9)5-3-4(10)1-2-6(5)11/h1-3,7H,10-11H2. The van der Waals surface area contributed by atoms with Crippen LogP contribution >= 0.6 is 0 Å². The van der Waals surface area contributed by atoms with Crippen molar-refractivity contribution in [2.24, 2.45) is 0 Å². The molecule has 0 bridgehead atoms. The molecule has 2 nitrogen and oxygen atoms in total. The Morgan fingerprint density at radius 2 is 1.82 bits per heavy atom. The molecule has 0 aliphatic heterocycles. The number of rotatable bonds is 1. The van der Waals surface area contributed by atoms with Crippen molar-refractivity contribution in [3.05, 3.63) is 23.8 Å². The zero-order valence-corrected chi connectivity index (χ0v) is 5.72. The van der Waals surface area contributed by atoms with Gasteiger partial charge in [-0.3, -0.25) is 0 Å². The molecule has 0 saturated heterocycles. The summed E-state index contributed by atoms with van der Waals surface area (Å²) >= 11 is 0. The maximum atomic E-state index is 12.1. The van der Waals surface area contributed by atoms with Crippen LogP contribution in [-0.4, -0.2) is 0 Å². The Balaban J connectivity index is 3.13. The van der Waals surface area contributed by atoms with E-state index in [0.29, 0.717) is 5.69 Å². The molecule has 0 spiro atoms. The Morgan fingerprint density at radius 1 is 1.18 bits per heavy atom. The first-order valence-electron chi connectivity index (χ1n) is 3.04. The highest BCUT2D eigenvalue weighted by Gasteiger charge is 2.10. The zero-order valence-electron chi connectivity index (χ0n) is 5.72. The van der Waals surface area contributed by atoms with Crippen LogP contribution in [0.1, 0.15) is 12.0 Å². The summed E-state index contributed by atoms with van der Waals surface area (Å²) in [5.41, 5.74) is 10.7. The maximum absolute atomic E-state index is 12.1. The molecule has 11 heavy (non-hydrogen) atoms. The van der Waals surface area contributed by atoms with Gasteiger partial charge in [0.05, 0.1) is 0 Å². The summed E-state index contributed by atoms with van der Waals surface area (Å²) in [6, 6.07) is 4.04. The van der Waals surface area contributed by atoms with Gasteiger partial charge in [-0.2, -0.15) is 0 Å². The number of hydrogen-bond acceptors (Lipinski definition) is 2. The number of nitrogen functional groups attached to an aromatic ring is 2. The molecule has 0 amide bonds. The average Bonchev–Trinajstić information content (AvgIpc) is 1.94. The number of hydrogen-bond donors (Lipinski definition) is 2. The number of alkyl halides is 2. The van der Waals surface area contributed by atoms with Crippen LogP contribution in [0.5, 0.6) is 0 Å². The smallest absolute Gasteiger partial charge is 0.265 e. The summed E-state index contributed by atoms with van der Waals surface area (Å²) in [4.78, 5) is 0. The second-order valence-corrected chi connectivity index (χ2v) is 2.19. The molecule has 1 aromatic carbocycles. The first kappa shape index (κ1) is 7.78. The maximum Gasteiger partial charge on any atom is 0.265 e. The van der Waals surface area contributed by atoms with Crippen LogP contribution in [0.3, 0.4) is 0 Å². The van der Waals surface area contributed by atoms with Crippen molar-refractivity contribution in [2.45, 2.75) is 6.43 Å². The number of benzene rings is 1. The molecule has 0 aliphatic rings. The van der Waals surface area contributed by atoms with E-state index in [4.69, 9.17) is 11.5 Å². The van der Waals surface area contributed by atoms with Crippen molar-refractivity contribution in [3.8, 4) is 0 Å². The number of anilines is 2. The fourth-order valence-electron chi connectivity index (χ4n) is 0.782. The van der Waals surface area contributed by atoms with Gasteiger partial charge in [-0.05, 0) is 18.2 Å². The fraction of sp³-hybridized carbons (Fsp3) is 0.143. The average molecular weight is 158 g/mol. The van der Waals surface area contributed by atoms with E-state index in [2.05, 4.69) is 0 Å². The third kappa shape index (κ3) is 1.58. The summed E-state index contributed by atoms with van der Waals surface area (Å²) in [5, 5.41) is 0. The van der Waals surface area contributed by atoms with E-state index in [1.807, 2.05) is 0 Å². The third-order valence-electron chi connectivity index (χ3n) is 1.35. The van der Waals surface area contributed by atoms with Gasteiger partial charge in [0.15, 0.2) is 0 Å². The highest BCUT2D eigenvalue weighted by Crippen LogP contribution is 2.26. The monoisotopic (exact) mass is 158 g/mol. The normalized spacial score (nSPS) is 10.5. The molecule has 0 aliphatic carbocycles. The van der Waals surface area contributed by atoms with Crippen molar-refractivity contribution in [1.82, 2.24) is 0 Å². The van der Waals surface area contributed by atoms with Crippen molar-refractivity contribution in [1.29, 1.82) is 0 Å². The van der Waals surface area contributed by atoms with Crippen LogP contribution in [0.15, 0.2) is 18.2 Å². The molecule has 1 rings (SSSR count). The number of halogens is 2. The molecule has 0 radical (unpaired) electrons. The lowest BCUT2D eigenvalue weighted by Gasteiger charge is -2.04. The molecule has 0 aromatic heterocycles. The van der Waals surface area contributed by atoms with Gasteiger partial charge in [0.25, 0.3) is 6.43 Å². The molecule has 0 saturated carbocycles. The predicted molar refractivity (Wildman–Crippen MR) is 40.2 cm³/mol. The lowest BCUT2D eigenvalue weighted by atomic mass is 10.2. The highest BCUT2D eigenvalue weighted by atomic mass is 19.3. The first-order chi connectivity index (χ1) is 5.11. The summed E-state index contributed by atoms with van der Waals surface area (Å²) in [6.45, 7) is 0. The van der Waals surface area contributed by atoms with Gasteiger partial charge < -0.3 is 11.5 Å². The predicted octanol–water partition coefficient (Wildman–Crippen LogP) is 1.79. The summed E-state index contributed by atoms with van der Waals surface area (Å²) in [7, 11) is 0. The summed E-state index contributed by atoms with van der Waals surface area (Å²) < 4.78 is 24.1. The van der Waals surface area contributed by atoms with E-state index in [1.165, 1.54) is 18.2 Å². The lowest BCUT2D eigenvalue weighted by molar-refractivity contribution is 0.152. The highest BCUT2D eigenvalue weighted by molar-refractivity contribution is 5.55. The Bertz CT molecular complexity index is 261. The molecule has 0 unspecified atom stereocenters.